The summed E-state index contributed by atoms with van der Waals surface area (Å²) in [7, 11) is 3.38. The van der Waals surface area contributed by atoms with E-state index < -0.39 is 17.7 Å². The minimum atomic E-state index is -0.799. The molecule has 2 unspecified atom stereocenters. The SMILES string of the molecule is CC[C@@H]1C(=O)N(C)c2cnc(Nc3ccc(-c4nnc(CNC5CCN(C(=O)C(CN6CCN(c7ccc(C8CCC(=O)NC8=O)cc7)CC6)NC(=O)OC(C)(C)C)CC5)o4)cc3OC)nc2N1C1CCCC1. The van der Waals surface area contributed by atoms with Crippen LogP contribution in [-0.4, -0.2) is 149 Å². The quantitative estimate of drug-likeness (QED) is 0.114. The van der Waals surface area contributed by atoms with Crippen LogP contribution in [0.15, 0.2) is 53.1 Å². The lowest BCUT2D eigenvalue weighted by atomic mass is 9.90. The Hall–Kier alpha value is -6.87. The molecular formula is C52H69N13O8. The lowest BCUT2D eigenvalue weighted by Crippen LogP contribution is -2.58. The molecular weight excluding hydrogens is 935 g/mol. The zero-order valence-corrected chi connectivity index (χ0v) is 42.8. The summed E-state index contributed by atoms with van der Waals surface area (Å²) in [6, 6.07) is 12.8. The Morgan fingerprint density at radius 2 is 1.67 bits per heavy atom. The molecule has 9 rings (SSSR count). The summed E-state index contributed by atoms with van der Waals surface area (Å²) in [5.74, 6) is 1.54. The molecule has 4 aliphatic heterocycles. The Kier molecular flexibility index (Phi) is 15.4. The molecule has 21 heteroatoms. The third-order valence-electron chi connectivity index (χ3n) is 14.6. The van der Waals surface area contributed by atoms with Gasteiger partial charge in [-0.3, -0.25) is 29.4 Å². The van der Waals surface area contributed by atoms with E-state index in [2.05, 4.69) is 51.1 Å². The van der Waals surface area contributed by atoms with Crippen LogP contribution in [0.4, 0.5) is 33.6 Å². The number of nitrogens with one attached hydrogen (secondary N) is 4. The van der Waals surface area contributed by atoms with Gasteiger partial charge in [0.1, 0.15) is 29.1 Å². The second kappa shape index (κ2) is 22.1. The molecule has 0 spiro atoms. The predicted molar refractivity (Wildman–Crippen MR) is 274 cm³/mol. The van der Waals surface area contributed by atoms with Gasteiger partial charge in [-0.25, -0.2) is 9.78 Å². The minimum absolute atomic E-state index is 0.0640. The van der Waals surface area contributed by atoms with Crippen molar-refractivity contribution in [3.63, 3.8) is 0 Å². The second-order valence-electron chi connectivity index (χ2n) is 20.7. The number of carbonyl (C=O) groups excluding carboxylic acids is 5. The van der Waals surface area contributed by atoms with Crippen molar-refractivity contribution in [3.8, 4) is 17.2 Å². The normalized spacial score (nSPS) is 20.7. The van der Waals surface area contributed by atoms with Crippen LogP contribution in [0.25, 0.3) is 11.5 Å². The highest BCUT2D eigenvalue weighted by Gasteiger charge is 2.41. The molecule has 4 fully saturated rings. The smallest absolute Gasteiger partial charge is 0.408 e. The van der Waals surface area contributed by atoms with Crippen LogP contribution in [0, 0.1) is 0 Å². The lowest BCUT2D eigenvalue weighted by molar-refractivity contribution is -0.135. The number of methoxy groups -OCH3 is 1. The van der Waals surface area contributed by atoms with Gasteiger partial charge in [0.2, 0.25) is 41.4 Å². The van der Waals surface area contributed by atoms with E-state index in [0.717, 1.165) is 55.8 Å². The van der Waals surface area contributed by atoms with Gasteiger partial charge in [-0.15, -0.1) is 10.2 Å². The number of amides is 5. The topological polar surface area (TPSA) is 233 Å². The van der Waals surface area contributed by atoms with Crippen molar-refractivity contribution in [1.82, 2.24) is 45.9 Å². The molecule has 6 heterocycles. The lowest BCUT2D eigenvalue weighted by Gasteiger charge is -2.43. The van der Waals surface area contributed by atoms with Crippen LogP contribution >= 0.6 is 0 Å². The second-order valence-corrected chi connectivity index (χ2v) is 20.7. The van der Waals surface area contributed by atoms with Crippen LogP contribution < -0.4 is 40.7 Å². The van der Waals surface area contributed by atoms with Gasteiger partial charge in [0, 0.05) is 82.6 Å². The standard InChI is InChI=1S/C52H69N13O8/c1-7-40-49(69)61(5)41-29-54-50(58-45(41)65(40)36-10-8-9-11-36)55-38-18-14-33(28-42(38)71-6)47-60-59-44(72-47)30-53-34-20-22-64(23-21-34)48(68)39(56-51(70)73-52(2,3)4)31-62-24-26-63(27-25-62)35-15-12-32(13-16-35)37-17-19-43(66)57-46(37)67/h12-16,18,28-29,34,36-37,39-40,53H,7-11,17,19-27,30-31H2,1-6H3,(H,56,70)(H,54,55,58)(H,57,66,67)/t37?,39?,40-/m1/s1. The first-order valence-corrected chi connectivity index (χ1v) is 25.8. The minimum Gasteiger partial charge on any atom is -0.495 e. The predicted octanol–water partition coefficient (Wildman–Crippen LogP) is 5.10. The molecule has 1 saturated carbocycles. The number of ether oxygens (including phenoxy) is 2. The number of imide groups is 1. The number of nitrogens with zero attached hydrogens (tertiary/aromatic N) is 9. The van der Waals surface area contributed by atoms with Gasteiger partial charge in [0.25, 0.3) is 0 Å². The Bertz CT molecular complexity index is 2630. The maximum absolute atomic E-state index is 14.2. The first kappa shape index (κ1) is 51.0. The highest BCUT2D eigenvalue weighted by molar-refractivity contribution is 6.04. The van der Waals surface area contributed by atoms with E-state index in [9.17, 15) is 24.0 Å². The van der Waals surface area contributed by atoms with E-state index in [1.54, 1.807) is 46.0 Å². The van der Waals surface area contributed by atoms with Crippen LogP contribution in [-0.2, 0) is 30.5 Å². The largest absolute Gasteiger partial charge is 0.495 e. The molecule has 3 saturated heterocycles. The van der Waals surface area contributed by atoms with Crippen LogP contribution in [0.5, 0.6) is 5.75 Å². The number of hydrogen-bond acceptors (Lipinski definition) is 17. The summed E-state index contributed by atoms with van der Waals surface area (Å²) >= 11 is 0. The number of likely N-dealkylation sites (tertiary alicyclic amines) is 1. The van der Waals surface area contributed by atoms with E-state index in [-0.39, 0.29) is 47.7 Å². The Morgan fingerprint density at radius 3 is 2.36 bits per heavy atom. The molecule has 5 aliphatic rings. The van der Waals surface area contributed by atoms with Crippen molar-refractivity contribution in [2.45, 2.75) is 128 Å². The molecule has 21 nitrogen and oxygen atoms in total. The monoisotopic (exact) mass is 1000 g/mol. The van der Waals surface area contributed by atoms with E-state index in [4.69, 9.17) is 18.9 Å². The maximum atomic E-state index is 14.2. The molecule has 3 atom stereocenters. The number of fused-ring (bicyclic) bond motifs is 1. The average molecular weight is 1000 g/mol. The summed E-state index contributed by atoms with van der Waals surface area (Å²) in [5.41, 5.74) is 3.22. The van der Waals surface area contributed by atoms with E-state index >= 15 is 0 Å². The number of alkyl carbamates (subject to hydrolysis) is 1. The summed E-state index contributed by atoms with van der Waals surface area (Å²) < 4.78 is 17.5. The van der Waals surface area contributed by atoms with Crippen molar-refractivity contribution in [2.24, 2.45) is 0 Å². The fourth-order valence-corrected chi connectivity index (χ4v) is 10.7. The van der Waals surface area contributed by atoms with Crippen molar-refractivity contribution in [3.05, 3.63) is 60.1 Å². The number of likely N-dealkylation sites (N-methyl/N-ethyl adjacent to an activating group) is 1. The fourth-order valence-electron chi connectivity index (χ4n) is 10.7. The molecule has 5 amide bonds. The Balaban J connectivity index is 0.770. The highest BCUT2D eigenvalue weighted by atomic mass is 16.6. The molecule has 0 bridgehead atoms. The van der Waals surface area contributed by atoms with Gasteiger partial charge in [0.05, 0.1) is 31.5 Å². The third kappa shape index (κ3) is 11.8. The molecule has 73 heavy (non-hydrogen) atoms. The van der Waals surface area contributed by atoms with Crippen molar-refractivity contribution < 1.29 is 37.9 Å². The number of carbonyl (C=O) groups is 5. The van der Waals surface area contributed by atoms with Crippen LogP contribution in [0.3, 0.4) is 0 Å². The first-order valence-electron chi connectivity index (χ1n) is 25.8. The molecule has 1 aliphatic carbocycles. The van der Waals surface area contributed by atoms with Crippen LogP contribution in [0.1, 0.15) is 103 Å². The Labute approximate surface area is 426 Å². The third-order valence-corrected chi connectivity index (χ3v) is 14.6. The number of hydrogen-bond donors (Lipinski definition) is 4. The summed E-state index contributed by atoms with van der Waals surface area (Å²) in [4.78, 5) is 84.4. The summed E-state index contributed by atoms with van der Waals surface area (Å²) in [6.45, 7) is 11.9. The van der Waals surface area contributed by atoms with Gasteiger partial charge in [-0.05, 0) is 95.2 Å². The van der Waals surface area contributed by atoms with E-state index in [0.29, 0.717) is 112 Å². The molecule has 4 aromatic rings. The van der Waals surface area contributed by atoms with Crippen LogP contribution in [0.2, 0.25) is 0 Å². The van der Waals surface area contributed by atoms with Gasteiger partial charge < -0.3 is 49.4 Å². The number of piperidine rings is 2. The average Bonchev–Trinajstić information content (AvgIpc) is 4.10. The molecule has 2 aromatic heterocycles. The maximum Gasteiger partial charge on any atom is 0.408 e. The van der Waals surface area contributed by atoms with Gasteiger partial charge in [-0.1, -0.05) is 31.9 Å². The van der Waals surface area contributed by atoms with E-state index in [1.165, 1.54) is 0 Å². The highest BCUT2D eigenvalue weighted by Crippen LogP contribution is 2.41. The Morgan fingerprint density at radius 1 is 0.932 bits per heavy atom. The number of anilines is 5. The van der Waals surface area contributed by atoms with Crippen molar-refractivity contribution in [2.75, 3.05) is 80.0 Å². The zero-order valence-electron chi connectivity index (χ0n) is 42.8. The molecule has 4 N–H and O–H groups in total. The fraction of sp³-hybridized carbons (Fsp3) is 0.558. The number of benzene rings is 2. The number of aromatic nitrogens is 4. The van der Waals surface area contributed by atoms with Gasteiger partial charge in [-0.2, -0.15) is 4.98 Å². The van der Waals surface area contributed by atoms with Gasteiger partial charge in [0.15, 0.2) is 5.82 Å². The number of rotatable bonds is 15. The zero-order chi connectivity index (χ0) is 51.4. The first-order chi connectivity index (χ1) is 35.1. The van der Waals surface area contributed by atoms with Gasteiger partial charge >= 0.3 is 6.09 Å². The molecule has 390 valence electrons. The molecule has 0 radical (unpaired) electrons. The summed E-state index contributed by atoms with van der Waals surface area (Å²) in [6.07, 6.45) is 8.32. The summed E-state index contributed by atoms with van der Waals surface area (Å²) in [5, 5.41) is 20.8. The number of piperazine rings is 1. The molecule has 2 aromatic carbocycles. The van der Waals surface area contributed by atoms with Crippen molar-refractivity contribution >= 4 is 58.6 Å². The van der Waals surface area contributed by atoms with E-state index in [1.807, 2.05) is 54.3 Å². The van der Waals surface area contributed by atoms with Crippen molar-refractivity contribution in [1.29, 1.82) is 0 Å².